The van der Waals surface area contributed by atoms with E-state index in [0.717, 1.165) is 12.5 Å². The first-order chi connectivity index (χ1) is 4.31. The lowest BCUT2D eigenvalue weighted by Gasteiger charge is -2.02. The van der Waals surface area contributed by atoms with E-state index in [-0.39, 0.29) is 0 Å². The van der Waals surface area contributed by atoms with Crippen molar-refractivity contribution in [1.82, 2.24) is 0 Å². The molecule has 0 amide bonds. The van der Waals surface area contributed by atoms with Crippen LogP contribution in [0.25, 0.3) is 0 Å². The lowest BCUT2D eigenvalue weighted by molar-refractivity contribution is 0.519. The van der Waals surface area contributed by atoms with Gasteiger partial charge in [0.2, 0.25) is 0 Å². The van der Waals surface area contributed by atoms with Crippen molar-refractivity contribution in [2.24, 2.45) is 16.1 Å². The highest BCUT2D eigenvalue weighted by atomic mass is 15.1. The molecular weight excluding hydrogens is 112 g/mol. The summed E-state index contributed by atoms with van der Waals surface area (Å²) >= 11 is 0. The van der Waals surface area contributed by atoms with Crippen LogP contribution in [-0.2, 0) is 0 Å². The SMILES string of the molecule is CCC(C)CC/N=N\C. The Kier molecular flexibility index (Phi) is 5.48. The number of azo groups is 1. The molecule has 0 aliphatic heterocycles. The molecule has 1 unspecified atom stereocenters. The van der Waals surface area contributed by atoms with E-state index in [9.17, 15) is 0 Å². The van der Waals surface area contributed by atoms with Crippen LogP contribution in [-0.4, -0.2) is 13.6 Å². The van der Waals surface area contributed by atoms with Gasteiger partial charge in [-0.3, -0.25) is 0 Å². The van der Waals surface area contributed by atoms with Gasteiger partial charge in [-0.25, -0.2) is 0 Å². The molecule has 0 fully saturated rings. The minimum absolute atomic E-state index is 0.801. The van der Waals surface area contributed by atoms with Crippen LogP contribution in [0.1, 0.15) is 26.7 Å². The number of hydrogen-bond acceptors (Lipinski definition) is 2. The van der Waals surface area contributed by atoms with Crippen LogP contribution in [0, 0.1) is 5.92 Å². The third-order valence-electron chi connectivity index (χ3n) is 1.56. The second-order valence-electron chi connectivity index (χ2n) is 2.37. The Morgan fingerprint density at radius 1 is 1.44 bits per heavy atom. The fourth-order valence-corrected chi connectivity index (χ4v) is 0.582. The van der Waals surface area contributed by atoms with E-state index in [1.54, 1.807) is 7.05 Å². The first kappa shape index (κ1) is 8.60. The lowest BCUT2D eigenvalue weighted by Crippen LogP contribution is -1.93. The zero-order valence-electron chi connectivity index (χ0n) is 6.59. The summed E-state index contributed by atoms with van der Waals surface area (Å²) in [6.07, 6.45) is 2.42. The summed E-state index contributed by atoms with van der Waals surface area (Å²) in [4.78, 5) is 0. The third kappa shape index (κ3) is 5.47. The Hall–Kier alpha value is -0.400. The highest BCUT2D eigenvalue weighted by Gasteiger charge is 1.95. The van der Waals surface area contributed by atoms with E-state index in [4.69, 9.17) is 0 Å². The second-order valence-corrected chi connectivity index (χ2v) is 2.37. The second kappa shape index (κ2) is 5.73. The maximum atomic E-state index is 3.88. The Morgan fingerprint density at radius 3 is 2.56 bits per heavy atom. The molecule has 0 aromatic heterocycles. The molecule has 0 aliphatic carbocycles. The fourth-order valence-electron chi connectivity index (χ4n) is 0.582. The highest BCUT2D eigenvalue weighted by molar-refractivity contribution is 4.50. The van der Waals surface area contributed by atoms with Gasteiger partial charge in [-0.2, -0.15) is 10.2 Å². The van der Waals surface area contributed by atoms with Crippen molar-refractivity contribution in [2.45, 2.75) is 26.7 Å². The standard InChI is InChI=1S/C7H16N2/c1-4-7(2)5-6-9-8-3/h7H,4-6H2,1-3H3/b9-8-. The van der Waals surface area contributed by atoms with Crippen molar-refractivity contribution in [1.29, 1.82) is 0 Å². The monoisotopic (exact) mass is 128 g/mol. The smallest absolute Gasteiger partial charge is 0.0601 e. The lowest BCUT2D eigenvalue weighted by atomic mass is 10.1. The van der Waals surface area contributed by atoms with Gasteiger partial charge in [0.25, 0.3) is 0 Å². The predicted octanol–water partition coefficient (Wildman–Crippen LogP) is 2.50. The number of rotatable bonds is 4. The van der Waals surface area contributed by atoms with Crippen LogP contribution in [0.3, 0.4) is 0 Å². The average molecular weight is 128 g/mol. The van der Waals surface area contributed by atoms with Crippen molar-refractivity contribution < 1.29 is 0 Å². The van der Waals surface area contributed by atoms with Crippen molar-refractivity contribution in [3.63, 3.8) is 0 Å². The first-order valence-corrected chi connectivity index (χ1v) is 3.56. The molecule has 0 rings (SSSR count). The van der Waals surface area contributed by atoms with Crippen LogP contribution in [0.15, 0.2) is 10.2 Å². The molecule has 2 nitrogen and oxygen atoms in total. The molecule has 54 valence electrons. The summed E-state index contributed by atoms with van der Waals surface area (Å²) in [5.74, 6) is 0.801. The van der Waals surface area contributed by atoms with E-state index in [1.807, 2.05) is 0 Å². The number of hydrogen-bond donors (Lipinski definition) is 0. The van der Waals surface area contributed by atoms with Crippen LogP contribution in [0.5, 0.6) is 0 Å². The van der Waals surface area contributed by atoms with E-state index in [2.05, 4.69) is 24.1 Å². The predicted molar refractivity (Wildman–Crippen MR) is 39.7 cm³/mol. The molecule has 0 aromatic rings. The van der Waals surface area contributed by atoms with Gasteiger partial charge < -0.3 is 0 Å². The van der Waals surface area contributed by atoms with E-state index >= 15 is 0 Å². The van der Waals surface area contributed by atoms with Crippen LogP contribution < -0.4 is 0 Å². The van der Waals surface area contributed by atoms with Gasteiger partial charge >= 0.3 is 0 Å². The maximum absolute atomic E-state index is 3.88. The summed E-state index contributed by atoms with van der Waals surface area (Å²) in [7, 11) is 1.72. The van der Waals surface area contributed by atoms with Crippen molar-refractivity contribution >= 4 is 0 Å². The molecule has 0 heterocycles. The Morgan fingerprint density at radius 2 is 2.11 bits per heavy atom. The average Bonchev–Trinajstić information content (AvgIpc) is 1.89. The molecule has 1 atom stereocenters. The number of nitrogens with zero attached hydrogens (tertiary/aromatic N) is 2. The Labute approximate surface area is 57.4 Å². The summed E-state index contributed by atoms with van der Waals surface area (Å²) in [6.45, 7) is 5.34. The molecule has 0 aliphatic rings. The molecular formula is C7H16N2. The van der Waals surface area contributed by atoms with E-state index < -0.39 is 0 Å². The highest BCUT2D eigenvalue weighted by Crippen LogP contribution is 2.05. The molecule has 0 saturated carbocycles. The zero-order chi connectivity index (χ0) is 7.11. The van der Waals surface area contributed by atoms with Gasteiger partial charge in [0, 0.05) is 7.05 Å². The fraction of sp³-hybridized carbons (Fsp3) is 1.00. The summed E-state index contributed by atoms with van der Waals surface area (Å²) < 4.78 is 0. The van der Waals surface area contributed by atoms with Gasteiger partial charge in [0.15, 0.2) is 0 Å². The van der Waals surface area contributed by atoms with Gasteiger partial charge in [0.05, 0.1) is 6.54 Å². The van der Waals surface area contributed by atoms with Crippen LogP contribution in [0.2, 0.25) is 0 Å². The van der Waals surface area contributed by atoms with Gasteiger partial charge in [-0.15, -0.1) is 0 Å². The van der Waals surface area contributed by atoms with Gasteiger partial charge in [-0.05, 0) is 12.3 Å². The molecule has 0 saturated heterocycles. The normalized spacial score (nSPS) is 14.6. The quantitative estimate of drug-likeness (QED) is 0.520. The molecule has 9 heavy (non-hydrogen) atoms. The molecule has 0 radical (unpaired) electrons. The molecule has 0 spiro atoms. The molecule has 0 bridgehead atoms. The van der Waals surface area contributed by atoms with Crippen molar-refractivity contribution in [3.8, 4) is 0 Å². The minimum Gasteiger partial charge on any atom is -0.198 e. The summed E-state index contributed by atoms with van der Waals surface area (Å²) in [5, 5.41) is 7.55. The summed E-state index contributed by atoms with van der Waals surface area (Å²) in [6, 6.07) is 0. The van der Waals surface area contributed by atoms with Crippen molar-refractivity contribution in [3.05, 3.63) is 0 Å². The third-order valence-corrected chi connectivity index (χ3v) is 1.56. The summed E-state index contributed by atoms with van der Waals surface area (Å²) in [5.41, 5.74) is 0. The molecule has 0 N–H and O–H groups in total. The molecule has 2 heteroatoms. The molecule has 0 aromatic carbocycles. The zero-order valence-corrected chi connectivity index (χ0v) is 6.59. The van der Waals surface area contributed by atoms with Crippen molar-refractivity contribution in [2.75, 3.05) is 13.6 Å². The van der Waals surface area contributed by atoms with Crippen LogP contribution >= 0.6 is 0 Å². The largest absolute Gasteiger partial charge is 0.198 e. The maximum Gasteiger partial charge on any atom is 0.0601 e. The minimum atomic E-state index is 0.801. The van der Waals surface area contributed by atoms with Gasteiger partial charge in [-0.1, -0.05) is 20.3 Å². The Balaban J connectivity index is 3.06. The first-order valence-electron chi connectivity index (χ1n) is 3.56. The van der Waals surface area contributed by atoms with Gasteiger partial charge in [0.1, 0.15) is 0 Å². The van der Waals surface area contributed by atoms with Crippen LogP contribution in [0.4, 0.5) is 0 Å². The Bertz CT molecular complexity index is 79.0. The van der Waals surface area contributed by atoms with E-state index in [1.165, 1.54) is 12.8 Å². The van der Waals surface area contributed by atoms with E-state index in [0.29, 0.717) is 0 Å². The topological polar surface area (TPSA) is 24.7 Å².